The summed E-state index contributed by atoms with van der Waals surface area (Å²) < 4.78 is 11.6. The first-order chi connectivity index (χ1) is 22.8. The van der Waals surface area contributed by atoms with Crippen molar-refractivity contribution in [3.63, 3.8) is 0 Å². The van der Waals surface area contributed by atoms with Gasteiger partial charge in [0.15, 0.2) is 6.10 Å². The highest BCUT2D eigenvalue weighted by atomic mass is 16.6. The standard InChI is InChI=1S/C37H48N4O7/c1-21-16-22(2)25(5)48-37(46)33(47-7)32(27-14-12-26(20-42)13-15-27)40-35(44)31(18-28-19-38-30-11-9-8-10-29(28)30)41(6)36(45)24(4)39-34(43)23(3)17-21/h8-16,19,22-25,31-33,38,42H,17-18,20H2,1-7H3,(H,39,43)(H,40,44)/b21-16+/t22-,23+,24+,25-,31-,32+,33+/m1/s1. The summed E-state index contributed by atoms with van der Waals surface area (Å²) in [6, 6.07) is 11.5. The number of hydrogen-bond acceptors (Lipinski definition) is 7. The number of carbonyl (C=O) groups excluding carboxylic acids is 4. The molecule has 0 radical (unpaired) electrons. The molecular formula is C37H48N4O7. The summed E-state index contributed by atoms with van der Waals surface area (Å²) in [4.78, 5) is 59.8. The predicted octanol–water partition coefficient (Wildman–Crippen LogP) is 3.96. The van der Waals surface area contributed by atoms with Crippen LogP contribution in [0.15, 0.2) is 66.4 Å². The van der Waals surface area contributed by atoms with Gasteiger partial charge in [-0.05, 0) is 49.9 Å². The number of hydrogen-bond donors (Lipinski definition) is 4. The highest BCUT2D eigenvalue weighted by Gasteiger charge is 2.38. The van der Waals surface area contributed by atoms with Crippen molar-refractivity contribution in [3.05, 3.63) is 83.1 Å². The Morgan fingerprint density at radius 2 is 1.65 bits per heavy atom. The zero-order valence-corrected chi connectivity index (χ0v) is 28.8. The van der Waals surface area contributed by atoms with E-state index in [0.717, 1.165) is 22.0 Å². The van der Waals surface area contributed by atoms with Gasteiger partial charge in [-0.1, -0.05) is 68.0 Å². The quantitative estimate of drug-likeness (QED) is 0.239. The number of amides is 3. The van der Waals surface area contributed by atoms with Crippen LogP contribution < -0.4 is 10.6 Å². The number of rotatable bonds is 5. The molecule has 4 N–H and O–H groups in total. The molecule has 11 heteroatoms. The van der Waals surface area contributed by atoms with Gasteiger partial charge in [-0.15, -0.1) is 0 Å². The predicted molar refractivity (Wildman–Crippen MR) is 182 cm³/mol. The number of cyclic esters (lactones) is 1. The average molecular weight is 661 g/mol. The SMILES string of the molecule is CO[C@@H]1C(=O)O[C@H](C)[C@H](C)/C=C(\C)C[C@H](C)C(=O)N[C@@H](C)C(=O)N(C)[C@H](Cc2c[nH]c3ccccc23)C(=O)N[C@H]1c1ccc(CO)cc1. The number of likely N-dealkylation sites (N-methyl/N-ethyl adjacent to an activating group) is 1. The fourth-order valence-electron chi connectivity index (χ4n) is 6.16. The Morgan fingerprint density at radius 3 is 2.31 bits per heavy atom. The lowest BCUT2D eigenvalue weighted by Crippen LogP contribution is -2.56. The van der Waals surface area contributed by atoms with Gasteiger partial charge in [-0.25, -0.2) is 4.79 Å². The lowest BCUT2D eigenvalue weighted by atomic mass is 9.95. The molecule has 4 rings (SSSR count). The van der Waals surface area contributed by atoms with E-state index in [1.807, 2.05) is 50.4 Å². The second-order valence-electron chi connectivity index (χ2n) is 12.9. The maximum Gasteiger partial charge on any atom is 0.338 e. The minimum atomic E-state index is -1.24. The van der Waals surface area contributed by atoms with Crippen molar-refractivity contribution in [2.75, 3.05) is 14.2 Å². The Morgan fingerprint density at radius 1 is 0.958 bits per heavy atom. The average Bonchev–Trinajstić information content (AvgIpc) is 3.48. The van der Waals surface area contributed by atoms with Gasteiger partial charge in [0.1, 0.15) is 18.2 Å². The summed E-state index contributed by atoms with van der Waals surface area (Å²) in [5.74, 6) is -2.54. The topological polar surface area (TPSA) is 150 Å². The first-order valence-corrected chi connectivity index (χ1v) is 16.4. The summed E-state index contributed by atoms with van der Waals surface area (Å²) >= 11 is 0. The van der Waals surface area contributed by atoms with E-state index in [1.54, 1.807) is 45.0 Å². The fraction of sp³-hybridized carbons (Fsp3) is 0.459. The molecule has 2 heterocycles. The van der Waals surface area contributed by atoms with E-state index in [4.69, 9.17) is 9.47 Å². The number of fused-ring (bicyclic) bond motifs is 1. The monoisotopic (exact) mass is 660 g/mol. The van der Waals surface area contributed by atoms with E-state index >= 15 is 0 Å². The summed E-state index contributed by atoms with van der Waals surface area (Å²) in [6.45, 7) is 8.86. The molecule has 0 aliphatic carbocycles. The Balaban J connectivity index is 1.80. The van der Waals surface area contributed by atoms with Crippen LogP contribution in [0.1, 0.15) is 63.8 Å². The van der Waals surface area contributed by atoms with Gasteiger partial charge < -0.3 is 35.1 Å². The molecule has 7 atom stereocenters. The van der Waals surface area contributed by atoms with Crippen LogP contribution >= 0.6 is 0 Å². The number of aromatic nitrogens is 1. The molecular weight excluding hydrogens is 612 g/mol. The summed E-state index contributed by atoms with van der Waals surface area (Å²) in [6.07, 6.45) is 2.60. The molecule has 1 aromatic heterocycles. The summed E-state index contributed by atoms with van der Waals surface area (Å²) in [7, 11) is 2.91. The van der Waals surface area contributed by atoms with Gasteiger partial charge in [0, 0.05) is 49.5 Å². The van der Waals surface area contributed by atoms with Crippen molar-refractivity contribution in [2.24, 2.45) is 11.8 Å². The number of carbonyl (C=O) groups is 4. The minimum Gasteiger partial charge on any atom is -0.460 e. The van der Waals surface area contributed by atoms with E-state index < -0.39 is 54.0 Å². The maximum atomic E-state index is 14.4. The molecule has 1 aliphatic heterocycles. The fourth-order valence-corrected chi connectivity index (χ4v) is 6.16. The third-order valence-corrected chi connectivity index (χ3v) is 9.21. The van der Waals surface area contributed by atoms with Gasteiger partial charge in [0.05, 0.1) is 12.6 Å². The molecule has 3 amide bonds. The first kappa shape index (κ1) is 36.4. The molecule has 0 fully saturated rings. The van der Waals surface area contributed by atoms with E-state index in [9.17, 15) is 24.3 Å². The van der Waals surface area contributed by atoms with Crippen LogP contribution in [-0.4, -0.2) is 77.1 Å². The summed E-state index contributed by atoms with van der Waals surface area (Å²) in [5.41, 5.74) is 3.84. The van der Waals surface area contributed by atoms with Gasteiger partial charge in [0.25, 0.3) is 0 Å². The largest absolute Gasteiger partial charge is 0.460 e. The molecule has 0 saturated heterocycles. The molecule has 1 aliphatic rings. The van der Waals surface area contributed by atoms with Crippen molar-refractivity contribution in [1.82, 2.24) is 20.5 Å². The molecule has 11 nitrogen and oxygen atoms in total. The van der Waals surface area contributed by atoms with E-state index in [0.29, 0.717) is 17.5 Å². The molecule has 48 heavy (non-hydrogen) atoms. The van der Waals surface area contributed by atoms with E-state index in [-0.39, 0.29) is 24.9 Å². The number of H-pyrrole nitrogens is 1. The third kappa shape index (κ3) is 8.51. The molecule has 0 saturated carbocycles. The highest BCUT2D eigenvalue weighted by Crippen LogP contribution is 2.26. The van der Waals surface area contributed by atoms with Crippen molar-refractivity contribution in [3.8, 4) is 0 Å². The Bertz CT molecular complexity index is 1630. The van der Waals surface area contributed by atoms with Crippen molar-refractivity contribution in [2.45, 2.75) is 84.4 Å². The summed E-state index contributed by atoms with van der Waals surface area (Å²) in [5, 5.41) is 16.4. The number of benzene rings is 2. The van der Waals surface area contributed by atoms with Crippen molar-refractivity contribution in [1.29, 1.82) is 0 Å². The van der Waals surface area contributed by atoms with Crippen LogP contribution in [0, 0.1) is 11.8 Å². The molecule has 3 aromatic rings. The molecule has 0 spiro atoms. The van der Waals surface area contributed by atoms with Crippen LogP contribution in [0.4, 0.5) is 0 Å². The van der Waals surface area contributed by atoms with Gasteiger partial charge in [-0.2, -0.15) is 0 Å². The Hall–Kier alpha value is -4.48. The lowest BCUT2D eigenvalue weighted by molar-refractivity contribution is -0.164. The number of ether oxygens (including phenoxy) is 2. The van der Waals surface area contributed by atoms with Crippen LogP contribution in [0.3, 0.4) is 0 Å². The smallest absolute Gasteiger partial charge is 0.338 e. The second kappa shape index (κ2) is 16.1. The minimum absolute atomic E-state index is 0.145. The Labute approximate surface area is 282 Å². The number of aliphatic hydroxyl groups excluding tert-OH is 1. The number of para-hydroxylation sites is 1. The van der Waals surface area contributed by atoms with Gasteiger partial charge in [0.2, 0.25) is 17.7 Å². The molecule has 0 unspecified atom stereocenters. The third-order valence-electron chi connectivity index (χ3n) is 9.21. The number of esters is 1. The Kier molecular flexibility index (Phi) is 12.2. The van der Waals surface area contributed by atoms with Crippen molar-refractivity contribution >= 4 is 34.6 Å². The number of methoxy groups -OCH3 is 1. The normalized spacial score (nSPS) is 28.1. The van der Waals surface area contributed by atoms with Crippen LogP contribution in [0.25, 0.3) is 10.9 Å². The number of nitrogens with zero attached hydrogens (tertiary/aromatic N) is 1. The van der Waals surface area contributed by atoms with Crippen LogP contribution in [-0.2, 0) is 41.7 Å². The zero-order valence-electron chi connectivity index (χ0n) is 28.8. The second-order valence-corrected chi connectivity index (χ2v) is 12.9. The van der Waals surface area contributed by atoms with Crippen LogP contribution in [0.5, 0.6) is 0 Å². The van der Waals surface area contributed by atoms with Gasteiger partial charge >= 0.3 is 5.97 Å². The van der Waals surface area contributed by atoms with E-state index in [2.05, 4.69) is 15.6 Å². The van der Waals surface area contributed by atoms with Gasteiger partial charge in [-0.3, -0.25) is 14.4 Å². The zero-order chi connectivity index (χ0) is 35.1. The number of aliphatic hydroxyl groups is 1. The lowest BCUT2D eigenvalue weighted by Gasteiger charge is -2.33. The molecule has 258 valence electrons. The number of aromatic amines is 1. The van der Waals surface area contributed by atoms with Crippen LogP contribution in [0.2, 0.25) is 0 Å². The molecule has 2 aromatic carbocycles. The first-order valence-electron chi connectivity index (χ1n) is 16.4. The van der Waals surface area contributed by atoms with Crippen molar-refractivity contribution < 1.29 is 33.8 Å². The highest BCUT2D eigenvalue weighted by molar-refractivity contribution is 5.93. The molecule has 0 bridgehead atoms. The van der Waals surface area contributed by atoms with E-state index in [1.165, 1.54) is 19.1 Å². The number of allylic oxidation sites excluding steroid dienone is 1. The maximum absolute atomic E-state index is 14.4. The number of nitrogens with one attached hydrogen (secondary N) is 3.